The first-order valence-corrected chi connectivity index (χ1v) is 7.41. The second-order valence-corrected chi connectivity index (χ2v) is 5.51. The van der Waals surface area contributed by atoms with Crippen molar-refractivity contribution >= 4 is 6.08 Å². The van der Waals surface area contributed by atoms with E-state index in [1.807, 2.05) is 12.1 Å². The Morgan fingerprint density at radius 1 is 0.864 bits per heavy atom. The summed E-state index contributed by atoms with van der Waals surface area (Å²) in [5.41, 5.74) is 5.31. The zero-order chi connectivity index (χ0) is 16.1. The van der Waals surface area contributed by atoms with Crippen molar-refractivity contribution in [2.24, 2.45) is 0 Å². The fourth-order valence-corrected chi connectivity index (χ4v) is 2.52. The number of hydrogen-bond acceptors (Lipinski definition) is 3. The lowest BCUT2D eigenvalue weighted by Gasteiger charge is -2.14. The van der Waals surface area contributed by atoms with Crippen LogP contribution in [-0.2, 0) is 0 Å². The summed E-state index contributed by atoms with van der Waals surface area (Å²) in [6.07, 6.45) is 8.60. The molecule has 0 amide bonds. The summed E-state index contributed by atoms with van der Waals surface area (Å²) in [4.78, 5) is 0. The van der Waals surface area contributed by atoms with Crippen molar-refractivity contribution in [3.05, 3.63) is 46.6 Å². The van der Waals surface area contributed by atoms with E-state index in [0.29, 0.717) is 17.2 Å². The first-order chi connectivity index (χ1) is 10.6. The molecule has 1 aromatic rings. The molecule has 3 heteroatoms. The van der Waals surface area contributed by atoms with Crippen LogP contribution >= 0.6 is 0 Å². The average molecular weight is 300 g/mol. The van der Waals surface area contributed by atoms with Crippen LogP contribution in [0.3, 0.4) is 0 Å². The van der Waals surface area contributed by atoms with Gasteiger partial charge in [-0.15, -0.1) is 0 Å². The highest BCUT2D eigenvalue weighted by atomic mass is 16.5. The van der Waals surface area contributed by atoms with E-state index in [2.05, 4.69) is 32.1 Å². The van der Waals surface area contributed by atoms with Crippen LogP contribution in [0.15, 0.2) is 41.0 Å². The molecule has 0 fully saturated rings. The monoisotopic (exact) mass is 300 g/mol. The Morgan fingerprint density at radius 3 is 2.00 bits per heavy atom. The lowest BCUT2D eigenvalue weighted by Crippen LogP contribution is -1.96. The quantitative estimate of drug-likeness (QED) is 0.732. The molecule has 0 atom stereocenters. The van der Waals surface area contributed by atoms with Crippen LogP contribution in [0.2, 0.25) is 0 Å². The summed E-state index contributed by atoms with van der Waals surface area (Å²) in [5, 5.41) is 0. The minimum atomic E-state index is 0.619. The smallest absolute Gasteiger partial charge is 0.203 e. The van der Waals surface area contributed by atoms with Crippen LogP contribution in [0.25, 0.3) is 6.08 Å². The number of allylic oxidation sites excluding steroid dienone is 5. The molecule has 0 bridgehead atoms. The van der Waals surface area contributed by atoms with E-state index in [1.54, 1.807) is 21.3 Å². The van der Waals surface area contributed by atoms with Crippen molar-refractivity contribution in [2.45, 2.75) is 26.7 Å². The van der Waals surface area contributed by atoms with Crippen molar-refractivity contribution in [1.82, 2.24) is 0 Å². The van der Waals surface area contributed by atoms with Crippen LogP contribution in [0.1, 0.15) is 32.3 Å². The third-order valence-electron chi connectivity index (χ3n) is 4.05. The van der Waals surface area contributed by atoms with E-state index >= 15 is 0 Å². The van der Waals surface area contributed by atoms with Crippen LogP contribution < -0.4 is 14.2 Å². The zero-order valence-corrected chi connectivity index (χ0v) is 14.0. The molecule has 0 saturated heterocycles. The van der Waals surface area contributed by atoms with Crippen molar-refractivity contribution in [3.8, 4) is 17.2 Å². The van der Waals surface area contributed by atoms with Crippen molar-refractivity contribution in [3.63, 3.8) is 0 Å². The maximum Gasteiger partial charge on any atom is 0.203 e. The normalized spacial score (nSPS) is 15.0. The maximum atomic E-state index is 5.38. The molecule has 3 nitrogen and oxygen atoms in total. The minimum absolute atomic E-state index is 0.619. The third-order valence-corrected chi connectivity index (χ3v) is 4.05. The zero-order valence-electron chi connectivity index (χ0n) is 14.0. The molecule has 0 radical (unpaired) electrons. The van der Waals surface area contributed by atoms with Gasteiger partial charge in [0.15, 0.2) is 11.5 Å². The summed E-state index contributed by atoms with van der Waals surface area (Å²) in [7, 11) is 4.87. The van der Waals surface area contributed by atoms with E-state index in [1.165, 1.54) is 16.7 Å². The van der Waals surface area contributed by atoms with Gasteiger partial charge in [0.2, 0.25) is 5.75 Å². The molecule has 0 aromatic heterocycles. The molecule has 0 heterocycles. The van der Waals surface area contributed by atoms with Crippen LogP contribution in [0.4, 0.5) is 0 Å². The van der Waals surface area contributed by atoms with Gasteiger partial charge in [-0.05, 0) is 50.0 Å². The molecular formula is C19H24O3. The topological polar surface area (TPSA) is 27.7 Å². The largest absolute Gasteiger partial charge is 0.493 e. The molecule has 0 saturated carbocycles. The number of rotatable bonds is 5. The van der Waals surface area contributed by atoms with E-state index in [0.717, 1.165) is 18.4 Å². The number of benzene rings is 1. The molecule has 22 heavy (non-hydrogen) atoms. The van der Waals surface area contributed by atoms with Crippen LogP contribution in [-0.4, -0.2) is 21.3 Å². The van der Waals surface area contributed by atoms with Gasteiger partial charge in [-0.1, -0.05) is 29.4 Å². The first-order valence-electron chi connectivity index (χ1n) is 7.41. The van der Waals surface area contributed by atoms with Crippen LogP contribution in [0.5, 0.6) is 17.2 Å². The maximum absolute atomic E-state index is 5.38. The predicted molar refractivity (Wildman–Crippen MR) is 90.8 cm³/mol. The van der Waals surface area contributed by atoms with Crippen LogP contribution in [0, 0.1) is 0 Å². The second-order valence-electron chi connectivity index (χ2n) is 5.51. The molecule has 0 unspecified atom stereocenters. The minimum Gasteiger partial charge on any atom is -0.493 e. The molecule has 118 valence electrons. The Labute approximate surface area is 132 Å². The molecular weight excluding hydrogens is 276 g/mol. The fraction of sp³-hybridized carbons (Fsp3) is 0.368. The highest BCUT2D eigenvalue weighted by Gasteiger charge is 2.12. The molecule has 0 aliphatic heterocycles. The summed E-state index contributed by atoms with van der Waals surface area (Å²) in [5.74, 6) is 1.96. The van der Waals surface area contributed by atoms with Gasteiger partial charge in [0.25, 0.3) is 0 Å². The van der Waals surface area contributed by atoms with E-state index < -0.39 is 0 Å². The lowest BCUT2D eigenvalue weighted by molar-refractivity contribution is 0.324. The highest BCUT2D eigenvalue weighted by molar-refractivity contribution is 5.63. The third kappa shape index (κ3) is 3.53. The molecule has 0 N–H and O–H groups in total. The van der Waals surface area contributed by atoms with E-state index in [9.17, 15) is 0 Å². The highest BCUT2D eigenvalue weighted by Crippen LogP contribution is 2.38. The average Bonchev–Trinajstić information content (AvgIpc) is 2.54. The van der Waals surface area contributed by atoms with Gasteiger partial charge >= 0.3 is 0 Å². The van der Waals surface area contributed by atoms with Gasteiger partial charge in [0, 0.05) is 0 Å². The predicted octanol–water partition coefficient (Wildman–Crippen LogP) is 4.78. The first kappa shape index (κ1) is 16.2. The SMILES string of the molecule is COc1cc(C=CC2=CCC(C)=C(C)C2)cc(OC)c1OC. The van der Waals surface area contributed by atoms with Gasteiger partial charge in [-0.3, -0.25) is 0 Å². The van der Waals surface area contributed by atoms with Gasteiger partial charge in [0.05, 0.1) is 21.3 Å². The summed E-state index contributed by atoms with van der Waals surface area (Å²) in [6.45, 7) is 4.40. The summed E-state index contributed by atoms with van der Waals surface area (Å²) >= 11 is 0. The standard InChI is InChI=1S/C19H24O3/c1-13-6-7-15(10-14(13)2)8-9-16-11-17(20-3)19(22-5)18(12-16)21-4/h7-9,11-12H,6,10H2,1-5H3. The number of ether oxygens (including phenoxy) is 3. The van der Waals surface area contributed by atoms with Crippen molar-refractivity contribution in [2.75, 3.05) is 21.3 Å². The van der Waals surface area contributed by atoms with Gasteiger partial charge in [0.1, 0.15) is 0 Å². The molecule has 0 spiro atoms. The number of methoxy groups -OCH3 is 3. The Morgan fingerprint density at radius 2 is 1.50 bits per heavy atom. The van der Waals surface area contributed by atoms with Gasteiger partial charge < -0.3 is 14.2 Å². The van der Waals surface area contributed by atoms with Gasteiger partial charge in [-0.2, -0.15) is 0 Å². The van der Waals surface area contributed by atoms with Gasteiger partial charge in [-0.25, -0.2) is 0 Å². The summed E-state index contributed by atoms with van der Waals surface area (Å²) < 4.78 is 16.1. The fourth-order valence-electron chi connectivity index (χ4n) is 2.52. The Bertz CT molecular complexity index is 611. The Hall–Kier alpha value is -2.16. The Kier molecular flexibility index (Phi) is 5.31. The van der Waals surface area contributed by atoms with Crippen molar-refractivity contribution < 1.29 is 14.2 Å². The van der Waals surface area contributed by atoms with Crippen molar-refractivity contribution in [1.29, 1.82) is 0 Å². The second kappa shape index (κ2) is 7.21. The molecule has 1 aliphatic carbocycles. The molecule has 2 rings (SSSR count). The number of hydrogen-bond donors (Lipinski definition) is 0. The lowest BCUT2D eigenvalue weighted by atomic mass is 9.93. The molecule has 1 aromatic carbocycles. The molecule has 1 aliphatic rings. The van der Waals surface area contributed by atoms with E-state index in [-0.39, 0.29) is 0 Å². The Balaban J connectivity index is 2.25. The van der Waals surface area contributed by atoms with E-state index in [4.69, 9.17) is 14.2 Å². The summed E-state index contributed by atoms with van der Waals surface area (Å²) in [6, 6.07) is 3.91.